The van der Waals surface area contributed by atoms with Gasteiger partial charge >= 0.3 is 0 Å². The van der Waals surface area contributed by atoms with Gasteiger partial charge in [0.15, 0.2) is 0 Å². The van der Waals surface area contributed by atoms with Crippen LogP contribution in [0, 0.1) is 2.88 Å². The molecule has 0 fully saturated rings. The molecule has 0 aromatic carbocycles. The zero-order valence-corrected chi connectivity index (χ0v) is 13.4. The van der Waals surface area contributed by atoms with Crippen molar-refractivity contribution >= 4 is 62.4 Å². The third-order valence-corrected chi connectivity index (χ3v) is 4.48. The van der Waals surface area contributed by atoms with Crippen molar-refractivity contribution in [1.82, 2.24) is 5.32 Å². The third-order valence-electron chi connectivity index (χ3n) is 1.93. The Morgan fingerprint density at radius 3 is 2.80 bits per heavy atom. The molecule has 5 heteroatoms. The van der Waals surface area contributed by atoms with E-state index in [0.717, 1.165) is 21.4 Å². The molecule has 2 nitrogen and oxygen atoms in total. The van der Waals surface area contributed by atoms with Crippen LogP contribution in [0.2, 0.25) is 0 Å². The first-order chi connectivity index (χ1) is 7.24. The van der Waals surface area contributed by atoms with Gasteiger partial charge < -0.3 is 5.32 Å². The Hall–Kier alpha value is 0.630. The molecule has 0 bridgehead atoms. The van der Waals surface area contributed by atoms with E-state index in [-0.39, 0.29) is 5.91 Å². The van der Waals surface area contributed by atoms with E-state index >= 15 is 0 Å². The highest BCUT2D eigenvalue weighted by atomic mass is 127. The summed E-state index contributed by atoms with van der Waals surface area (Å²) in [5.74, 6) is 0.0589. The first-order valence-electron chi connectivity index (χ1n) is 4.82. The highest BCUT2D eigenvalue weighted by Crippen LogP contribution is 2.16. The molecule has 1 rings (SSSR count). The molecule has 84 valence electrons. The van der Waals surface area contributed by atoms with Crippen molar-refractivity contribution in [2.45, 2.75) is 19.3 Å². The highest BCUT2D eigenvalue weighted by Gasteiger charge is 2.06. The molecule has 0 aliphatic rings. The smallest absolute Gasteiger partial charge is 0.252 e. The molecule has 0 saturated carbocycles. The van der Waals surface area contributed by atoms with Crippen LogP contribution in [-0.4, -0.2) is 16.9 Å². The predicted molar refractivity (Wildman–Crippen MR) is 82.1 cm³/mol. The van der Waals surface area contributed by atoms with Gasteiger partial charge in [-0.1, -0.05) is 29.0 Å². The Bertz CT molecular complexity index is 314. The number of hydrogen-bond donors (Lipinski definition) is 1. The monoisotopic (exact) mass is 449 g/mol. The summed E-state index contributed by atoms with van der Waals surface area (Å²) in [7, 11) is 0. The maximum absolute atomic E-state index is 11.6. The molecule has 1 aromatic heterocycles. The lowest BCUT2D eigenvalue weighted by Gasteiger charge is -2.02. The van der Waals surface area contributed by atoms with Crippen LogP contribution in [0.15, 0.2) is 11.4 Å². The summed E-state index contributed by atoms with van der Waals surface area (Å²) >= 11 is 6.21. The first kappa shape index (κ1) is 13.7. The van der Waals surface area contributed by atoms with Gasteiger partial charge in [0.2, 0.25) is 0 Å². The van der Waals surface area contributed by atoms with E-state index in [1.54, 1.807) is 11.3 Å². The predicted octanol–water partition coefficient (Wildman–Crippen LogP) is 3.69. The van der Waals surface area contributed by atoms with Gasteiger partial charge in [0.1, 0.15) is 0 Å². The van der Waals surface area contributed by atoms with Crippen molar-refractivity contribution in [3.8, 4) is 0 Å². The summed E-state index contributed by atoms with van der Waals surface area (Å²) in [5, 5.41) is 4.84. The van der Waals surface area contributed by atoms with Crippen molar-refractivity contribution in [3.63, 3.8) is 0 Å². The van der Waals surface area contributed by atoms with Gasteiger partial charge in [-0.15, -0.1) is 11.3 Å². The van der Waals surface area contributed by atoms with Gasteiger partial charge in [-0.05, 0) is 45.9 Å². The lowest BCUT2D eigenvalue weighted by atomic mass is 10.2. The number of carbonyl (C=O) groups excluding carboxylic acids is 1. The van der Waals surface area contributed by atoms with Crippen LogP contribution in [-0.2, 0) is 0 Å². The third kappa shape index (κ3) is 5.48. The van der Waals surface area contributed by atoms with Crippen LogP contribution in [0.3, 0.4) is 0 Å². The summed E-state index contributed by atoms with van der Waals surface area (Å²) in [6, 6.07) is 1.92. The van der Waals surface area contributed by atoms with Gasteiger partial charge in [-0.2, -0.15) is 0 Å². The number of alkyl halides is 1. The molecule has 1 amide bonds. The maximum atomic E-state index is 11.6. The number of nitrogens with one attached hydrogen (secondary N) is 1. The summed E-state index contributed by atoms with van der Waals surface area (Å²) in [6.45, 7) is 0.794. The topological polar surface area (TPSA) is 29.1 Å². The number of amides is 1. The van der Waals surface area contributed by atoms with Crippen LogP contribution < -0.4 is 5.32 Å². The minimum absolute atomic E-state index is 0.0589. The number of carbonyl (C=O) groups is 1. The van der Waals surface area contributed by atoms with Crippen molar-refractivity contribution in [3.05, 3.63) is 19.9 Å². The standard InChI is InChI=1S/C10H13I2NOS/c11-4-2-1-3-5-13-10(14)8-6-9(12)15-7-8/h6-7H,1-5H2,(H,13,14). The first-order valence-corrected chi connectivity index (χ1v) is 8.30. The van der Waals surface area contributed by atoms with Crippen LogP contribution in [0.5, 0.6) is 0 Å². The van der Waals surface area contributed by atoms with Gasteiger partial charge in [0, 0.05) is 11.9 Å². The lowest BCUT2D eigenvalue weighted by Crippen LogP contribution is -2.23. The van der Waals surface area contributed by atoms with E-state index in [1.165, 1.54) is 17.3 Å². The van der Waals surface area contributed by atoms with Crippen LogP contribution in [0.4, 0.5) is 0 Å². The fourth-order valence-electron chi connectivity index (χ4n) is 1.13. The second-order valence-electron chi connectivity index (χ2n) is 3.15. The average molecular weight is 449 g/mol. The SMILES string of the molecule is O=C(NCCCCCI)c1csc(I)c1. The number of hydrogen-bond acceptors (Lipinski definition) is 2. The molecule has 0 radical (unpaired) electrons. The quantitative estimate of drug-likeness (QED) is 0.401. The molecule has 1 heterocycles. The normalized spacial score (nSPS) is 10.3. The van der Waals surface area contributed by atoms with Crippen LogP contribution >= 0.6 is 56.5 Å². The fraction of sp³-hybridized carbons (Fsp3) is 0.500. The summed E-state index contributed by atoms with van der Waals surface area (Å²) in [6.07, 6.45) is 3.52. The summed E-state index contributed by atoms with van der Waals surface area (Å²) in [5.41, 5.74) is 0.790. The Morgan fingerprint density at radius 1 is 1.40 bits per heavy atom. The molecule has 0 unspecified atom stereocenters. The largest absolute Gasteiger partial charge is 0.352 e. The van der Waals surface area contributed by atoms with E-state index in [1.807, 2.05) is 11.4 Å². The second kappa shape index (κ2) is 7.83. The molecule has 1 N–H and O–H groups in total. The maximum Gasteiger partial charge on any atom is 0.252 e. The zero-order valence-electron chi connectivity index (χ0n) is 8.26. The van der Waals surface area contributed by atoms with Gasteiger partial charge in [-0.25, -0.2) is 0 Å². The molecule has 15 heavy (non-hydrogen) atoms. The number of thiophene rings is 1. The van der Waals surface area contributed by atoms with E-state index in [0.29, 0.717) is 0 Å². The minimum Gasteiger partial charge on any atom is -0.352 e. The lowest BCUT2D eigenvalue weighted by molar-refractivity contribution is 0.0953. The molecule has 0 saturated heterocycles. The second-order valence-corrected chi connectivity index (χ2v) is 7.03. The van der Waals surface area contributed by atoms with E-state index in [9.17, 15) is 4.79 Å². The molecule has 0 spiro atoms. The molecule has 1 aromatic rings. The summed E-state index contributed by atoms with van der Waals surface area (Å²) in [4.78, 5) is 11.6. The van der Waals surface area contributed by atoms with Crippen molar-refractivity contribution in [2.24, 2.45) is 0 Å². The minimum atomic E-state index is 0.0589. The fourth-order valence-corrected chi connectivity index (χ4v) is 3.00. The average Bonchev–Trinajstić information content (AvgIpc) is 2.64. The van der Waals surface area contributed by atoms with Gasteiger partial charge in [-0.3, -0.25) is 4.79 Å². The Morgan fingerprint density at radius 2 is 2.20 bits per heavy atom. The molecule has 0 aliphatic heterocycles. The van der Waals surface area contributed by atoms with Gasteiger partial charge in [0.05, 0.1) is 8.45 Å². The molecule has 0 atom stereocenters. The Balaban J connectivity index is 2.19. The number of unbranched alkanes of at least 4 members (excludes halogenated alkanes) is 2. The number of rotatable bonds is 6. The zero-order chi connectivity index (χ0) is 11.1. The Kier molecular flexibility index (Phi) is 7.15. The van der Waals surface area contributed by atoms with E-state index in [4.69, 9.17) is 0 Å². The van der Waals surface area contributed by atoms with Crippen molar-refractivity contribution in [2.75, 3.05) is 11.0 Å². The van der Waals surface area contributed by atoms with Crippen LogP contribution in [0.25, 0.3) is 0 Å². The number of halogens is 2. The molecular weight excluding hydrogens is 436 g/mol. The molecular formula is C10H13I2NOS. The molecule has 0 aliphatic carbocycles. The van der Waals surface area contributed by atoms with E-state index in [2.05, 4.69) is 50.5 Å². The Labute approximate surface area is 121 Å². The van der Waals surface area contributed by atoms with Crippen LogP contribution in [0.1, 0.15) is 29.6 Å². The van der Waals surface area contributed by atoms with E-state index < -0.39 is 0 Å². The van der Waals surface area contributed by atoms with Crippen molar-refractivity contribution in [1.29, 1.82) is 0 Å². The van der Waals surface area contributed by atoms with Gasteiger partial charge in [0.25, 0.3) is 5.91 Å². The summed E-state index contributed by atoms with van der Waals surface area (Å²) < 4.78 is 2.36. The highest BCUT2D eigenvalue weighted by molar-refractivity contribution is 14.1. The van der Waals surface area contributed by atoms with Crippen molar-refractivity contribution < 1.29 is 4.79 Å².